The number of amides is 2. The first-order chi connectivity index (χ1) is 11.9. The molecule has 25 heavy (non-hydrogen) atoms. The van der Waals surface area contributed by atoms with Crippen LogP contribution in [-0.2, 0) is 15.1 Å². The van der Waals surface area contributed by atoms with Crippen molar-refractivity contribution in [2.75, 3.05) is 11.4 Å². The van der Waals surface area contributed by atoms with Gasteiger partial charge in [0.25, 0.3) is 0 Å². The van der Waals surface area contributed by atoms with E-state index in [9.17, 15) is 9.59 Å². The maximum atomic E-state index is 12.7. The van der Waals surface area contributed by atoms with Crippen molar-refractivity contribution in [3.8, 4) is 0 Å². The Morgan fingerprint density at radius 3 is 2.52 bits per heavy atom. The fourth-order valence-corrected chi connectivity index (χ4v) is 3.19. The quantitative estimate of drug-likeness (QED) is 0.882. The summed E-state index contributed by atoms with van der Waals surface area (Å²) >= 11 is 6.17. The number of rotatable bonds is 4. The van der Waals surface area contributed by atoms with E-state index in [0.717, 1.165) is 0 Å². The molecule has 2 amide bonds. The number of benzene rings is 2. The first kappa shape index (κ1) is 17.5. The lowest BCUT2D eigenvalue weighted by Gasteiger charge is -2.26. The number of halogens is 1. The molecule has 5 nitrogen and oxygen atoms in total. The van der Waals surface area contributed by atoms with Crippen LogP contribution >= 0.6 is 11.6 Å². The third kappa shape index (κ3) is 3.38. The van der Waals surface area contributed by atoms with Gasteiger partial charge in [0.2, 0.25) is 11.8 Å². The van der Waals surface area contributed by atoms with Crippen molar-refractivity contribution in [3.63, 3.8) is 0 Å². The Hall–Kier alpha value is -2.37. The lowest BCUT2D eigenvalue weighted by Crippen LogP contribution is -2.53. The van der Waals surface area contributed by atoms with E-state index >= 15 is 0 Å². The minimum atomic E-state index is -1.21. The summed E-state index contributed by atoms with van der Waals surface area (Å²) in [5.41, 5.74) is 6.36. The molecule has 0 aliphatic carbocycles. The number of anilines is 1. The molecule has 130 valence electrons. The zero-order valence-corrected chi connectivity index (χ0v) is 14.7. The summed E-state index contributed by atoms with van der Waals surface area (Å²) in [5, 5.41) is 3.30. The van der Waals surface area contributed by atoms with Crippen molar-refractivity contribution < 1.29 is 9.59 Å². The second-order valence-corrected chi connectivity index (χ2v) is 6.73. The highest BCUT2D eigenvalue weighted by atomic mass is 35.5. The summed E-state index contributed by atoms with van der Waals surface area (Å²) in [6, 6.07) is 15.7. The molecule has 1 fully saturated rings. The van der Waals surface area contributed by atoms with Gasteiger partial charge in [0, 0.05) is 6.54 Å². The standard InChI is InChI=1S/C19H20ClN3O2/c1-19(21,13-7-3-2-4-8-13)18(25)22-15-11-12-23(17(15)24)16-10-6-5-9-14(16)20/h2-10,15H,11-12,21H2,1H3,(H,22,25). The number of hydrogen-bond acceptors (Lipinski definition) is 3. The summed E-state index contributed by atoms with van der Waals surface area (Å²) in [6.45, 7) is 2.14. The number of nitrogens with one attached hydrogen (secondary N) is 1. The normalized spacial score (nSPS) is 19.6. The Kier molecular flexibility index (Phi) is 4.79. The van der Waals surface area contributed by atoms with Crippen LogP contribution in [-0.4, -0.2) is 24.4 Å². The molecule has 2 aromatic carbocycles. The van der Waals surface area contributed by atoms with Crippen LogP contribution in [0.4, 0.5) is 5.69 Å². The molecule has 0 bridgehead atoms. The average molecular weight is 358 g/mol. The predicted octanol–water partition coefficient (Wildman–Crippen LogP) is 2.44. The average Bonchev–Trinajstić information content (AvgIpc) is 2.97. The van der Waals surface area contributed by atoms with Gasteiger partial charge in [-0.15, -0.1) is 0 Å². The second-order valence-electron chi connectivity index (χ2n) is 6.32. The zero-order valence-electron chi connectivity index (χ0n) is 13.9. The molecule has 6 heteroatoms. The van der Waals surface area contributed by atoms with Crippen molar-refractivity contribution in [2.45, 2.75) is 24.9 Å². The van der Waals surface area contributed by atoms with E-state index in [1.165, 1.54) is 0 Å². The lowest BCUT2D eigenvalue weighted by molar-refractivity contribution is -0.130. The zero-order chi connectivity index (χ0) is 18.0. The Morgan fingerprint density at radius 1 is 1.20 bits per heavy atom. The molecule has 0 aromatic heterocycles. The summed E-state index contributed by atoms with van der Waals surface area (Å²) < 4.78 is 0. The minimum absolute atomic E-state index is 0.176. The van der Waals surface area contributed by atoms with Crippen LogP contribution in [0.15, 0.2) is 54.6 Å². The fourth-order valence-electron chi connectivity index (χ4n) is 2.95. The van der Waals surface area contributed by atoms with Crippen LogP contribution in [0, 0.1) is 0 Å². The molecule has 2 unspecified atom stereocenters. The topological polar surface area (TPSA) is 75.4 Å². The van der Waals surface area contributed by atoms with E-state index in [2.05, 4.69) is 5.32 Å². The number of para-hydroxylation sites is 1. The molecule has 1 aliphatic rings. The van der Waals surface area contributed by atoms with E-state index in [1.807, 2.05) is 30.3 Å². The number of nitrogens with zero attached hydrogens (tertiary/aromatic N) is 1. The van der Waals surface area contributed by atoms with Gasteiger partial charge >= 0.3 is 0 Å². The molecule has 1 aliphatic heterocycles. The van der Waals surface area contributed by atoms with Crippen molar-refractivity contribution in [3.05, 3.63) is 65.2 Å². The monoisotopic (exact) mass is 357 g/mol. The number of nitrogens with two attached hydrogens (primary N) is 1. The molecule has 1 heterocycles. The van der Waals surface area contributed by atoms with Crippen molar-refractivity contribution in [1.82, 2.24) is 5.32 Å². The predicted molar refractivity (Wildman–Crippen MR) is 98.3 cm³/mol. The molecule has 3 N–H and O–H groups in total. The molecule has 1 saturated heterocycles. The Morgan fingerprint density at radius 2 is 1.84 bits per heavy atom. The Bertz CT molecular complexity index is 792. The van der Waals surface area contributed by atoms with E-state index in [-0.39, 0.29) is 11.8 Å². The van der Waals surface area contributed by atoms with Gasteiger partial charge in [0.15, 0.2) is 0 Å². The molecule has 0 radical (unpaired) electrons. The Balaban J connectivity index is 1.73. The van der Waals surface area contributed by atoms with Crippen LogP contribution in [0.25, 0.3) is 0 Å². The summed E-state index contributed by atoms with van der Waals surface area (Å²) in [7, 11) is 0. The first-order valence-electron chi connectivity index (χ1n) is 8.12. The minimum Gasteiger partial charge on any atom is -0.342 e. The van der Waals surface area contributed by atoms with Gasteiger partial charge in [-0.05, 0) is 31.0 Å². The fraction of sp³-hybridized carbons (Fsp3) is 0.263. The van der Waals surface area contributed by atoms with Gasteiger partial charge in [0.1, 0.15) is 11.6 Å². The van der Waals surface area contributed by atoms with Crippen LogP contribution in [0.3, 0.4) is 0 Å². The first-order valence-corrected chi connectivity index (χ1v) is 8.50. The third-order valence-corrected chi connectivity index (χ3v) is 4.82. The maximum absolute atomic E-state index is 12.7. The summed E-state index contributed by atoms with van der Waals surface area (Å²) in [6.07, 6.45) is 0.515. The molecular weight excluding hydrogens is 338 g/mol. The molecule has 2 atom stereocenters. The molecule has 0 spiro atoms. The highest BCUT2D eigenvalue weighted by Crippen LogP contribution is 2.29. The summed E-state index contributed by atoms with van der Waals surface area (Å²) in [5.74, 6) is -0.552. The third-order valence-electron chi connectivity index (χ3n) is 4.50. The highest BCUT2D eigenvalue weighted by molar-refractivity contribution is 6.34. The number of carbonyl (C=O) groups excluding carboxylic acids is 2. The van der Waals surface area contributed by atoms with Crippen LogP contribution in [0.2, 0.25) is 5.02 Å². The second kappa shape index (κ2) is 6.86. The van der Waals surface area contributed by atoms with Gasteiger partial charge < -0.3 is 16.0 Å². The maximum Gasteiger partial charge on any atom is 0.249 e. The SMILES string of the molecule is CC(N)(C(=O)NC1CCN(c2ccccc2Cl)C1=O)c1ccccc1. The van der Waals surface area contributed by atoms with Crippen molar-refractivity contribution in [1.29, 1.82) is 0 Å². The van der Waals surface area contributed by atoms with Crippen molar-refractivity contribution >= 4 is 29.1 Å². The largest absolute Gasteiger partial charge is 0.342 e. The van der Waals surface area contributed by atoms with E-state index in [4.69, 9.17) is 17.3 Å². The van der Waals surface area contributed by atoms with Gasteiger partial charge in [-0.2, -0.15) is 0 Å². The van der Waals surface area contributed by atoms with Crippen LogP contribution in [0.5, 0.6) is 0 Å². The molecule has 3 rings (SSSR count). The highest BCUT2D eigenvalue weighted by Gasteiger charge is 2.38. The smallest absolute Gasteiger partial charge is 0.249 e. The van der Waals surface area contributed by atoms with E-state index in [1.54, 1.807) is 36.1 Å². The lowest BCUT2D eigenvalue weighted by atomic mass is 9.92. The van der Waals surface area contributed by atoms with Crippen LogP contribution in [0.1, 0.15) is 18.9 Å². The van der Waals surface area contributed by atoms with E-state index < -0.39 is 11.6 Å². The molecular formula is C19H20ClN3O2. The van der Waals surface area contributed by atoms with Crippen molar-refractivity contribution in [2.24, 2.45) is 5.73 Å². The Labute approximate surface area is 151 Å². The van der Waals surface area contributed by atoms with Gasteiger partial charge in [0.05, 0.1) is 10.7 Å². The van der Waals surface area contributed by atoms with Gasteiger partial charge in [-0.1, -0.05) is 54.1 Å². The summed E-state index contributed by atoms with van der Waals surface area (Å²) in [4.78, 5) is 26.9. The van der Waals surface area contributed by atoms with Crippen LogP contribution < -0.4 is 16.0 Å². The van der Waals surface area contributed by atoms with Gasteiger partial charge in [-0.25, -0.2) is 0 Å². The molecule has 2 aromatic rings. The number of hydrogen-bond donors (Lipinski definition) is 2. The number of carbonyl (C=O) groups is 2. The van der Waals surface area contributed by atoms with E-state index in [0.29, 0.717) is 29.2 Å². The van der Waals surface area contributed by atoms with Gasteiger partial charge in [-0.3, -0.25) is 9.59 Å². The molecule has 0 saturated carbocycles.